The number of hydrogen-bond donors (Lipinski definition) is 2. The maximum absolute atomic E-state index is 13.3. The molecule has 0 aliphatic carbocycles. The maximum atomic E-state index is 13.3. The minimum Gasteiger partial charge on any atom is -0.530 e. The van der Waals surface area contributed by atoms with Gasteiger partial charge in [0.05, 0.1) is 9.82 Å². The molecule has 0 radical (unpaired) electrons. The Kier molecular flexibility index (Phi) is 10.4. The molecule has 0 bridgehead atoms. The van der Waals surface area contributed by atoms with Gasteiger partial charge in [0.1, 0.15) is 11.8 Å². The molecular weight excluding hydrogens is 534 g/mol. The van der Waals surface area contributed by atoms with Crippen molar-refractivity contribution in [3.8, 4) is 0 Å². The fourth-order valence-electron chi connectivity index (χ4n) is 4.43. The first-order chi connectivity index (χ1) is 18.9. The van der Waals surface area contributed by atoms with Crippen molar-refractivity contribution in [1.29, 1.82) is 0 Å². The normalized spacial score (nSPS) is 13.1. The average molecular weight is 569 g/mol. The zero-order valence-corrected chi connectivity index (χ0v) is 23.3. The molecule has 11 heteroatoms. The van der Waals surface area contributed by atoms with E-state index in [9.17, 15) is 33.5 Å². The monoisotopic (exact) mass is 568 g/mol. The lowest BCUT2D eigenvalue weighted by molar-refractivity contribution is -0.385. The van der Waals surface area contributed by atoms with Crippen molar-refractivity contribution >= 4 is 21.8 Å². The van der Waals surface area contributed by atoms with Crippen LogP contribution in [0.5, 0.6) is 0 Å². The summed E-state index contributed by atoms with van der Waals surface area (Å²) < 4.78 is 29.1. The van der Waals surface area contributed by atoms with Gasteiger partial charge in [0, 0.05) is 38.1 Å². The summed E-state index contributed by atoms with van der Waals surface area (Å²) in [6, 6.07) is 21.1. The number of carboxylic acid groups (broad SMARTS) is 1. The molecular formula is C29H34N3O7S-. The van der Waals surface area contributed by atoms with E-state index in [4.69, 9.17) is 0 Å². The number of aryl methyl sites for hydroxylation is 1. The summed E-state index contributed by atoms with van der Waals surface area (Å²) in [4.78, 5) is 23.7. The summed E-state index contributed by atoms with van der Waals surface area (Å²) in [6.45, 7) is 3.47. The standard InChI is InChI=1S/C29H35N3O7S/c1-22(2)13-14-25-19-26(32(36)37)15-16-27(25)40(38,39)30-18-17-29(35,20-23-9-5-3-6-10-23)31(28(33)34)21-24-11-7-4-8-12-24/h3-12,15-16,19,22,30,35H,13-14,17-18,20-21H2,1-2H3,(H,33,34)/p-1. The number of nitrogens with zero attached hydrogens (tertiary/aromatic N) is 2. The number of nitrogens with one attached hydrogen (secondary N) is 1. The molecule has 10 nitrogen and oxygen atoms in total. The summed E-state index contributed by atoms with van der Waals surface area (Å²) in [6.07, 6.45) is -1.04. The Morgan fingerprint density at radius 2 is 1.62 bits per heavy atom. The van der Waals surface area contributed by atoms with Crippen molar-refractivity contribution in [2.75, 3.05) is 6.54 Å². The Hall–Kier alpha value is -3.80. The van der Waals surface area contributed by atoms with Crippen molar-refractivity contribution in [3.63, 3.8) is 0 Å². The van der Waals surface area contributed by atoms with Crippen LogP contribution in [0.15, 0.2) is 83.8 Å². The lowest BCUT2D eigenvalue weighted by Gasteiger charge is -2.42. The van der Waals surface area contributed by atoms with Crippen molar-refractivity contribution in [2.24, 2.45) is 5.92 Å². The third-order valence-corrected chi connectivity index (χ3v) is 8.15. The Morgan fingerprint density at radius 3 is 2.17 bits per heavy atom. The fraction of sp³-hybridized carbons (Fsp3) is 0.345. The number of benzene rings is 3. The van der Waals surface area contributed by atoms with Gasteiger partial charge in [-0.3, -0.25) is 10.1 Å². The minimum absolute atomic E-state index is 0.0913. The quantitative estimate of drug-likeness (QED) is 0.171. The first-order valence-corrected chi connectivity index (χ1v) is 14.5. The number of nitro groups is 1. The molecule has 0 saturated carbocycles. The molecule has 214 valence electrons. The second-order valence-electron chi connectivity index (χ2n) is 10.1. The zero-order chi connectivity index (χ0) is 29.3. The smallest absolute Gasteiger partial charge is 0.269 e. The van der Waals surface area contributed by atoms with E-state index in [2.05, 4.69) is 4.72 Å². The van der Waals surface area contributed by atoms with Crippen LogP contribution in [0, 0.1) is 16.0 Å². The molecule has 3 aromatic carbocycles. The van der Waals surface area contributed by atoms with Gasteiger partial charge in [-0.25, -0.2) is 13.1 Å². The van der Waals surface area contributed by atoms with Gasteiger partial charge in [0.25, 0.3) is 5.69 Å². The molecule has 3 rings (SSSR count). The number of carbonyl (C=O) groups excluding carboxylic acids is 1. The first kappa shape index (κ1) is 30.7. The van der Waals surface area contributed by atoms with Gasteiger partial charge in [0.15, 0.2) is 0 Å². The Morgan fingerprint density at radius 1 is 1.02 bits per heavy atom. The van der Waals surface area contributed by atoms with E-state index in [-0.39, 0.29) is 42.4 Å². The van der Waals surface area contributed by atoms with Crippen LogP contribution in [-0.4, -0.2) is 41.7 Å². The molecule has 0 aliphatic heterocycles. The van der Waals surface area contributed by atoms with E-state index in [1.165, 1.54) is 12.1 Å². The highest BCUT2D eigenvalue weighted by molar-refractivity contribution is 7.89. The largest absolute Gasteiger partial charge is 0.530 e. The van der Waals surface area contributed by atoms with Crippen molar-refractivity contribution in [3.05, 3.63) is 106 Å². The third kappa shape index (κ3) is 8.35. The van der Waals surface area contributed by atoms with Crippen LogP contribution in [0.4, 0.5) is 10.5 Å². The summed E-state index contributed by atoms with van der Waals surface area (Å²) in [5, 5.41) is 35.2. The molecule has 1 atom stereocenters. The van der Waals surface area contributed by atoms with Gasteiger partial charge in [-0.1, -0.05) is 74.5 Å². The highest BCUT2D eigenvalue weighted by atomic mass is 32.2. The molecule has 0 saturated heterocycles. The predicted molar refractivity (Wildman–Crippen MR) is 149 cm³/mol. The second kappa shape index (κ2) is 13.5. The van der Waals surface area contributed by atoms with Crippen LogP contribution in [0.1, 0.15) is 43.4 Å². The first-order valence-electron chi connectivity index (χ1n) is 13.0. The van der Waals surface area contributed by atoms with Gasteiger partial charge in [-0.15, -0.1) is 0 Å². The van der Waals surface area contributed by atoms with Gasteiger partial charge in [-0.2, -0.15) is 0 Å². The zero-order valence-electron chi connectivity index (χ0n) is 22.5. The van der Waals surface area contributed by atoms with E-state index >= 15 is 0 Å². The van der Waals surface area contributed by atoms with Crippen LogP contribution in [0.3, 0.4) is 0 Å². The molecule has 0 fully saturated rings. The number of hydrogen-bond acceptors (Lipinski definition) is 7. The predicted octanol–water partition coefficient (Wildman–Crippen LogP) is 3.63. The number of amides is 1. The van der Waals surface area contributed by atoms with Gasteiger partial charge in [0.2, 0.25) is 10.0 Å². The van der Waals surface area contributed by atoms with Crippen molar-refractivity contribution in [1.82, 2.24) is 9.62 Å². The minimum atomic E-state index is -4.15. The summed E-state index contributed by atoms with van der Waals surface area (Å²) in [5.74, 6) is 0.246. The molecule has 0 spiro atoms. The number of carbonyl (C=O) groups is 1. The van der Waals surface area contributed by atoms with Gasteiger partial charge in [-0.05, 0) is 41.5 Å². The van der Waals surface area contributed by atoms with Crippen LogP contribution in [0.25, 0.3) is 0 Å². The Bertz CT molecular complexity index is 1400. The summed E-state index contributed by atoms with van der Waals surface area (Å²) >= 11 is 0. The van der Waals surface area contributed by atoms with E-state index in [0.29, 0.717) is 29.5 Å². The number of nitro benzene ring substituents is 1. The molecule has 1 unspecified atom stereocenters. The van der Waals surface area contributed by atoms with Crippen LogP contribution in [-0.2, 0) is 29.4 Å². The second-order valence-corrected chi connectivity index (χ2v) is 11.8. The van der Waals surface area contributed by atoms with Crippen LogP contribution in [0.2, 0.25) is 0 Å². The highest BCUT2D eigenvalue weighted by Gasteiger charge is 2.35. The topological polar surface area (TPSA) is 153 Å². The van der Waals surface area contributed by atoms with E-state index in [1.807, 2.05) is 13.8 Å². The fourth-order valence-corrected chi connectivity index (χ4v) is 5.71. The number of rotatable bonds is 14. The van der Waals surface area contributed by atoms with Gasteiger partial charge >= 0.3 is 0 Å². The molecule has 2 N–H and O–H groups in total. The number of sulfonamides is 1. The molecule has 0 aliphatic rings. The molecule has 0 aromatic heterocycles. The van der Waals surface area contributed by atoms with Gasteiger partial charge < -0.3 is 19.9 Å². The van der Waals surface area contributed by atoms with Crippen molar-refractivity contribution in [2.45, 2.75) is 56.7 Å². The van der Waals surface area contributed by atoms with E-state index in [0.717, 1.165) is 11.0 Å². The number of non-ortho nitro benzene ring substituents is 1. The van der Waals surface area contributed by atoms with E-state index in [1.54, 1.807) is 60.7 Å². The van der Waals surface area contributed by atoms with Crippen molar-refractivity contribution < 1.29 is 28.3 Å². The lowest BCUT2D eigenvalue weighted by Crippen LogP contribution is -2.58. The number of aliphatic hydroxyl groups is 1. The molecule has 0 heterocycles. The molecule has 1 amide bonds. The van der Waals surface area contributed by atoms with E-state index < -0.39 is 26.8 Å². The maximum Gasteiger partial charge on any atom is 0.269 e. The molecule has 3 aromatic rings. The molecule has 40 heavy (non-hydrogen) atoms. The average Bonchev–Trinajstić information content (AvgIpc) is 2.91. The van der Waals surface area contributed by atoms with Crippen LogP contribution >= 0.6 is 0 Å². The summed E-state index contributed by atoms with van der Waals surface area (Å²) in [7, 11) is -4.15. The summed E-state index contributed by atoms with van der Waals surface area (Å²) in [5.41, 5.74) is -0.622. The highest BCUT2D eigenvalue weighted by Crippen LogP contribution is 2.27. The Balaban J connectivity index is 1.88. The Labute approximate surface area is 234 Å². The third-order valence-electron chi connectivity index (χ3n) is 6.59. The lowest BCUT2D eigenvalue weighted by atomic mass is 9.97. The SMILES string of the molecule is CC(C)CCc1cc([N+](=O)[O-])ccc1S(=O)(=O)NCCC(O)(Cc1ccccc1)N(Cc1ccccc1)C(=O)[O-]. The van der Waals surface area contributed by atoms with Crippen LogP contribution < -0.4 is 9.83 Å².